The molecule has 110 valence electrons. The molecule has 0 aromatic rings. The van der Waals surface area contributed by atoms with Crippen molar-refractivity contribution in [2.45, 2.75) is 70.4 Å². The highest BCUT2D eigenvalue weighted by Gasteiger charge is 2.23. The van der Waals surface area contributed by atoms with Crippen LogP contribution in [0.5, 0.6) is 0 Å². The Kier molecular flexibility index (Phi) is 5.95. The van der Waals surface area contributed by atoms with Crippen molar-refractivity contribution in [1.29, 1.82) is 0 Å². The molecule has 2 rings (SSSR count). The number of hydrogen-bond acceptors (Lipinski definition) is 2. The van der Waals surface area contributed by atoms with Gasteiger partial charge in [-0.05, 0) is 38.6 Å². The van der Waals surface area contributed by atoms with E-state index in [4.69, 9.17) is 0 Å². The normalized spacial score (nSPS) is 24.4. The van der Waals surface area contributed by atoms with E-state index in [0.717, 1.165) is 38.9 Å². The van der Waals surface area contributed by atoms with Gasteiger partial charge in [0.05, 0.1) is 0 Å². The van der Waals surface area contributed by atoms with Crippen LogP contribution in [0.1, 0.15) is 58.3 Å². The summed E-state index contributed by atoms with van der Waals surface area (Å²) in [5, 5.41) is 6.75. The number of carbonyl (C=O) groups excluding carboxylic acids is 1. The quantitative estimate of drug-likeness (QED) is 0.804. The van der Waals surface area contributed by atoms with Gasteiger partial charge in [0.2, 0.25) is 0 Å². The SMILES string of the molecule is CCCN(CC1CCCCN1)C(=O)NC1CCCC1. The number of nitrogens with zero attached hydrogens (tertiary/aromatic N) is 1. The van der Waals surface area contributed by atoms with Crippen LogP contribution in [0.15, 0.2) is 0 Å². The Bertz CT molecular complexity index is 271. The fourth-order valence-corrected chi connectivity index (χ4v) is 3.23. The first kappa shape index (κ1) is 14.6. The lowest BCUT2D eigenvalue weighted by Gasteiger charge is -2.31. The zero-order valence-corrected chi connectivity index (χ0v) is 12.3. The molecule has 4 nitrogen and oxygen atoms in total. The number of piperidine rings is 1. The fraction of sp³-hybridized carbons (Fsp3) is 0.933. The van der Waals surface area contributed by atoms with Crippen molar-refractivity contribution in [2.75, 3.05) is 19.6 Å². The molecule has 0 spiro atoms. The standard InChI is InChI=1S/C15H29N3O/c1-2-11-18(12-14-9-5-6-10-16-14)15(19)17-13-7-3-4-8-13/h13-14,16H,2-12H2,1H3,(H,17,19). The van der Waals surface area contributed by atoms with Crippen LogP contribution in [0.4, 0.5) is 4.79 Å². The second kappa shape index (κ2) is 7.73. The van der Waals surface area contributed by atoms with E-state index in [1.165, 1.54) is 32.1 Å². The maximum absolute atomic E-state index is 12.3. The molecule has 1 saturated heterocycles. The summed E-state index contributed by atoms with van der Waals surface area (Å²) in [4.78, 5) is 14.4. The van der Waals surface area contributed by atoms with Crippen molar-refractivity contribution >= 4 is 6.03 Å². The number of carbonyl (C=O) groups is 1. The van der Waals surface area contributed by atoms with Gasteiger partial charge in [0.15, 0.2) is 0 Å². The van der Waals surface area contributed by atoms with Crippen molar-refractivity contribution in [1.82, 2.24) is 15.5 Å². The van der Waals surface area contributed by atoms with Gasteiger partial charge < -0.3 is 15.5 Å². The molecule has 1 saturated carbocycles. The minimum atomic E-state index is 0.154. The number of nitrogens with one attached hydrogen (secondary N) is 2. The lowest BCUT2D eigenvalue weighted by Crippen LogP contribution is -2.50. The summed E-state index contributed by atoms with van der Waals surface area (Å²) in [7, 11) is 0. The molecule has 0 aromatic carbocycles. The Balaban J connectivity index is 1.80. The molecule has 4 heteroatoms. The molecule has 1 aliphatic heterocycles. The first-order valence-electron chi connectivity index (χ1n) is 8.08. The Morgan fingerprint density at radius 3 is 2.58 bits per heavy atom. The summed E-state index contributed by atoms with van der Waals surface area (Å²) in [6.07, 6.45) is 9.66. The average Bonchev–Trinajstić information content (AvgIpc) is 2.92. The fourth-order valence-electron chi connectivity index (χ4n) is 3.23. The summed E-state index contributed by atoms with van der Waals surface area (Å²) in [5.74, 6) is 0. The van der Waals surface area contributed by atoms with Gasteiger partial charge in [-0.2, -0.15) is 0 Å². The summed E-state index contributed by atoms with van der Waals surface area (Å²) in [6.45, 7) is 4.99. The van der Waals surface area contributed by atoms with Crippen LogP contribution in [-0.2, 0) is 0 Å². The monoisotopic (exact) mass is 267 g/mol. The van der Waals surface area contributed by atoms with Crippen LogP contribution in [0.3, 0.4) is 0 Å². The second-order valence-electron chi connectivity index (χ2n) is 6.02. The molecule has 1 aliphatic carbocycles. The average molecular weight is 267 g/mol. The van der Waals surface area contributed by atoms with Crippen molar-refractivity contribution in [3.63, 3.8) is 0 Å². The van der Waals surface area contributed by atoms with E-state index in [1.54, 1.807) is 0 Å². The lowest BCUT2D eigenvalue weighted by atomic mass is 10.0. The molecule has 1 unspecified atom stereocenters. The lowest BCUT2D eigenvalue weighted by molar-refractivity contribution is 0.183. The molecule has 2 aliphatic rings. The molecule has 0 aromatic heterocycles. The Morgan fingerprint density at radius 1 is 1.21 bits per heavy atom. The number of amides is 2. The third-order valence-corrected chi connectivity index (χ3v) is 4.32. The van der Waals surface area contributed by atoms with Crippen LogP contribution in [-0.4, -0.2) is 42.6 Å². The Labute approximate surface area is 117 Å². The maximum atomic E-state index is 12.3. The summed E-state index contributed by atoms with van der Waals surface area (Å²) in [5.41, 5.74) is 0. The van der Waals surface area contributed by atoms with Crippen LogP contribution in [0, 0.1) is 0 Å². The molecule has 1 atom stereocenters. The Hall–Kier alpha value is -0.770. The topological polar surface area (TPSA) is 44.4 Å². The molecule has 2 fully saturated rings. The van der Waals surface area contributed by atoms with Crippen molar-refractivity contribution in [3.8, 4) is 0 Å². The molecular weight excluding hydrogens is 238 g/mol. The maximum Gasteiger partial charge on any atom is 0.317 e. The second-order valence-corrected chi connectivity index (χ2v) is 6.02. The molecule has 2 amide bonds. The van der Waals surface area contributed by atoms with Gasteiger partial charge in [0, 0.05) is 25.2 Å². The van der Waals surface area contributed by atoms with Crippen LogP contribution < -0.4 is 10.6 Å². The number of hydrogen-bond donors (Lipinski definition) is 2. The van der Waals surface area contributed by atoms with E-state index in [-0.39, 0.29) is 6.03 Å². The smallest absolute Gasteiger partial charge is 0.317 e. The highest BCUT2D eigenvalue weighted by Crippen LogP contribution is 2.18. The van der Waals surface area contributed by atoms with Gasteiger partial charge in [-0.3, -0.25) is 0 Å². The van der Waals surface area contributed by atoms with Crippen LogP contribution >= 0.6 is 0 Å². The highest BCUT2D eigenvalue weighted by molar-refractivity contribution is 5.74. The third-order valence-electron chi connectivity index (χ3n) is 4.32. The molecule has 19 heavy (non-hydrogen) atoms. The van der Waals surface area contributed by atoms with Gasteiger partial charge in [0.1, 0.15) is 0 Å². The molecule has 0 radical (unpaired) electrons. The molecule has 1 heterocycles. The van der Waals surface area contributed by atoms with Gasteiger partial charge in [-0.1, -0.05) is 26.2 Å². The summed E-state index contributed by atoms with van der Waals surface area (Å²) in [6, 6.07) is 1.07. The number of rotatable bonds is 5. The van der Waals surface area contributed by atoms with Crippen molar-refractivity contribution in [2.24, 2.45) is 0 Å². The third kappa shape index (κ3) is 4.68. The Morgan fingerprint density at radius 2 is 1.95 bits per heavy atom. The molecular formula is C15H29N3O. The molecule has 0 bridgehead atoms. The minimum absolute atomic E-state index is 0.154. The van der Waals surface area contributed by atoms with Crippen LogP contribution in [0.2, 0.25) is 0 Å². The van der Waals surface area contributed by atoms with Crippen molar-refractivity contribution in [3.05, 3.63) is 0 Å². The van der Waals surface area contributed by atoms with Gasteiger partial charge in [0.25, 0.3) is 0 Å². The van der Waals surface area contributed by atoms with E-state index in [2.05, 4.69) is 17.6 Å². The van der Waals surface area contributed by atoms with E-state index in [1.807, 2.05) is 4.90 Å². The van der Waals surface area contributed by atoms with Gasteiger partial charge in [-0.25, -0.2) is 4.79 Å². The minimum Gasteiger partial charge on any atom is -0.335 e. The largest absolute Gasteiger partial charge is 0.335 e. The van der Waals surface area contributed by atoms with Crippen molar-refractivity contribution < 1.29 is 4.79 Å². The van der Waals surface area contributed by atoms with Gasteiger partial charge >= 0.3 is 6.03 Å². The molecule has 2 N–H and O–H groups in total. The zero-order chi connectivity index (χ0) is 13.5. The van der Waals surface area contributed by atoms with E-state index < -0.39 is 0 Å². The highest BCUT2D eigenvalue weighted by atomic mass is 16.2. The summed E-state index contributed by atoms with van der Waals surface area (Å²) >= 11 is 0. The van der Waals surface area contributed by atoms with Crippen LogP contribution in [0.25, 0.3) is 0 Å². The van der Waals surface area contributed by atoms with E-state index >= 15 is 0 Å². The van der Waals surface area contributed by atoms with E-state index in [0.29, 0.717) is 12.1 Å². The summed E-state index contributed by atoms with van der Waals surface area (Å²) < 4.78 is 0. The first-order chi connectivity index (χ1) is 9.29. The zero-order valence-electron chi connectivity index (χ0n) is 12.3. The number of urea groups is 1. The van der Waals surface area contributed by atoms with E-state index in [9.17, 15) is 4.79 Å². The van der Waals surface area contributed by atoms with Gasteiger partial charge in [-0.15, -0.1) is 0 Å². The predicted octanol–water partition coefficient (Wildman–Crippen LogP) is 2.49. The predicted molar refractivity (Wildman–Crippen MR) is 78.3 cm³/mol. The first-order valence-corrected chi connectivity index (χ1v) is 8.08.